The van der Waals surface area contributed by atoms with Gasteiger partial charge in [0, 0.05) is 46.0 Å². The van der Waals surface area contributed by atoms with E-state index in [1.54, 1.807) is 7.11 Å². The highest BCUT2D eigenvalue weighted by Crippen LogP contribution is 2.19. The Morgan fingerprint density at radius 1 is 1.30 bits per heavy atom. The number of benzene rings is 1. The van der Waals surface area contributed by atoms with Crippen LogP contribution in [0.5, 0.6) is 5.75 Å². The van der Waals surface area contributed by atoms with Crippen LogP contribution in [0.3, 0.4) is 0 Å². The van der Waals surface area contributed by atoms with E-state index < -0.39 is 0 Å². The molecule has 7 heteroatoms. The number of nitrogens with zero attached hydrogens (tertiary/aromatic N) is 2. The van der Waals surface area contributed by atoms with Crippen LogP contribution in [0.4, 0.5) is 0 Å². The standard InChI is InChI=1S/C20H33N3O3.HI/c1-21-20(23(2)12-8-17-9-13-25-14-10-17)22-11-15-26-16-18-6-4-5-7-19(18)24-3;/h4-7,17H,8-16H2,1-3H3,(H,21,22);1H. The van der Waals surface area contributed by atoms with Gasteiger partial charge in [-0.15, -0.1) is 24.0 Å². The molecule has 27 heavy (non-hydrogen) atoms. The molecular formula is C20H34IN3O3. The van der Waals surface area contributed by atoms with Crippen LogP contribution in [0.1, 0.15) is 24.8 Å². The fourth-order valence-corrected chi connectivity index (χ4v) is 3.14. The lowest BCUT2D eigenvalue weighted by molar-refractivity contribution is 0.0625. The number of hydrogen-bond acceptors (Lipinski definition) is 4. The summed E-state index contributed by atoms with van der Waals surface area (Å²) in [7, 11) is 5.59. The minimum Gasteiger partial charge on any atom is -0.496 e. The Balaban J connectivity index is 0.00000364. The van der Waals surface area contributed by atoms with Crippen LogP contribution in [0, 0.1) is 5.92 Å². The maximum atomic E-state index is 5.76. The Morgan fingerprint density at radius 3 is 2.74 bits per heavy atom. The zero-order chi connectivity index (χ0) is 18.6. The van der Waals surface area contributed by atoms with Gasteiger partial charge < -0.3 is 24.4 Å². The van der Waals surface area contributed by atoms with Crippen LogP contribution in [0.25, 0.3) is 0 Å². The number of halogens is 1. The highest BCUT2D eigenvalue weighted by atomic mass is 127. The molecule has 0 spiro atoms. The topological polar surface area (TPSA) is 55.3 Å². The number of guanidine groups is 1. The van der Waals surface area contributed by atoms with Gasteiger partial charge in [-0.2, -0.15) is 0 Å². The molecule has 2 rings (SSSR count). The fraction of sp³-hybridized carbons (Fsp3) is 0.650. The number of nitrogens with one attached hydrogen (secondary N) is 1. The van der Waals surface area contributed by atoms with E-state index in [0.717, 1.165) is 49.5 Å². The van der Waals surface area contributed by atoms with Crippen molar-refractivity contribution in [2.75, 3.05) is 54.1 Å². The molecule has 0 aromatic heterocycles. The minimum atomic E-state index is 0. The quantitative estimate of drug-likeness (QED) is 0.249. The van der Waals surface area contributed by atoms with Crippen molar-refractivity contribution in [3.63, 3.8) is 0 Å². The van der Waals surface area contributed by atoms with Crippen molar-refractivity contribution >= 4 is 29.9 Å². The zero-order valence-electron chi connectivity index (χ0n) is 16.8. The number of methoxy groups -OCH3 is 1. The number of aliphatic imine (C=N–C) groups is 1. The molecule has 1 aliphatic heterocycles. The molecule has 1 aromatic rings. The van der Waals surface area contributed by atoms with Crippen molar-refractivity contribution in [1.82, 2.24) is 10.2 Å². The molecule has 0 amide bonds. The first-order valence-electron chi connectivity index (χ1n) is 9.43. The summed E-state index contributed by atoms with van der Waals surface area (Å²) < 4.78 is 16.5. The van der Waals surface area contributed by atoms with Gasteiger partial charge in [-0.3, -0.25) is 4.99 Å². The summed E-state index contributed by atoms with van der Waals surface area (Å²) in [5.41, 5.74) is 1.06. The molecule has 1 fully saturated rings. The molecule has 0 radical (unpaired) electrons. The number of para-hydroxylation sites is 1. The maximum Gasteiger partial charge on any atom is 0.193 e. The molecule has 154 valence electrons. The van der Waals surface area contributed by atoms with Crippen molar-refractivity contribution in [1.29, 1.82) is 0 Å². The number of hydrogen-bond donors (Lipinski definition) is 1. The molecule has 0 unspecified atom stereocenters. The third-order valence-corrected chi connectivity index (χ3v) is 4.77. The van der Waals surface area contributed by atoms with Gasteiger partial charge in [0.15, 0.2) is 5.96 Å². The van der Waals surface area contributed by atoms with E-state index >= 15 is 0 Å². The smallest absolute Gasteiger partial charge is 0.193 e. The summed E-state index contributed by atoms with van der Waals surface area (Å²) in [6.45, 7) is 4.71. The zero-order valence-corrected chi connectivity index (χ0v) is 19.1. The summed E-state index contributed by atoms with van der Waals surface area (Å²) in [5.74, 6) is 2.55. The average molecular weight is 491 g/mol. The van der Waals surface area contributed by atoms with Crippen molar-refractivity contribution in [2.24, 2.45) is 10.9 Å². The Labute approximate surface area is 180 Å². The van der Waals surface area contributed by atoms with Crippen molar-refractivity contribution in [3.8, 4) is 5.75 Å². The average Bonchev–Trinajstić information content (AvgIpc) is 2.70. The molecule has 0 saturated carbocycles. The normalized spacial score (nSPS) is 15.1. The summed E-state index contributed by atoms with van der Waals surface area (Å²) in [6, 6.07) is 7.93. The van der Waals surface area contributed by atoms with Crippen molar-refractivity contribution in [2.45, 2.75) is 25.9 Å². The van der Waals surface area contributed by atoms with E-state index in [0.29, 0.717) is 13.2 Å². The Morgan fingerprint density at radius 2 is 2.04 bits per heavy atom. The largest absolute Gasteiger partial charge is 0.496 e. The molecular weight excluding hydrogens is 457 g/mol. The predicted molar refractivity (Wildman–Crippen MR) is 120 cm³/mol. The van der Waals surface area contributed by atoms with Gasteiger partial charge in [-0.05, 0) is 31.2 Å². The van der Waals surface area contributed by atoms with Gasteiger partial charge in [-0.1, -0.05) is 18.2 Å². The summed E-state index contributed by atoms with van der Waals surface area (Å²) in [5, 5.41) is 3.37. The predicted octanol–water partition coefficient (Wildman–Crippen LogP) is 3.15. The van der Waals surface area contributed by atoms with E-state index in [4.69, 9.17) is 14.2 Å². The molecule has 6 nitrogen and oxygen atoms in total. The van der Waals surface area contributed by atoms with Gasteiger partial charge >= 0.3 is 0 Å². The first-order valence-corrected chi connectivity index (χ1v) is 9.43. The third kappa shape index (κ3) is 8.66. The molecule has 1 heterocycles. The van der Waals surface area contributed by atoms with E-state index in [-0.39, 0.29) is 24.0 Å². The van der Waals surface area contributed by atoms with Gasteiger partial charge in [-0.25, -0.2) is 0 Å². The molecule has 1 saturated heterocycles. The SMILES string of the molecule is CN=C(NCCOCc1ccccc1OC)N(C)CCC1CCOCC1.I. The molecule has 0 aliphatic carbocycles. The summed E-state index contributed by atoms with van der Waals surface area (Å²) >= 11 is 0. The van der Waals surface area contributed by atoms with Crippen LogP contribution >= 0.6 is 24.0 Å². The second-order valence-electron chi connectivity index (χ2n) is 6.60. The van der Waals surface area contributed by atoms with Crippen LogP contribution in [0.15, 0.2) is 29.3 Å². The highest BCUT2D eigenvalue weighted by Gasteiger charge is 2.15. The first-order chi connectivity index (χ1) is 12.7. The molecule has 0 atom stereocenters. The Kier molecular flexibility index (Phi) is 12.4. The van der Waals surface area contributed by atoms with Crippen LogP contribution in [0.2, 0.25) is 0 Å². The van der Waals surface area contributed by atoms with Gasteiger partial charge in [0.1, 0.15) is 5.75 Å². The van der Waals surface area contributed by atoms with Gasteiger partial charge in [0.05, 0.1) is 20.3 Å². The van der Waals surface area contributed by atoms with Gasteiger partial charge in [0.25, 0.3) is 0 Å². The number of ether oxygens (including phenoxy) is 3. The van der Waals surface area contributed by atoms with Gasteiger partial charge in [0.2, 0.25) is 0 Å². The van der Waals surface area contributed by atoms with E-state index in [1.165, 1.54) is 19.3 Å². The lowest BCUT2D eigenvalue weighted by atomic mass is 9.96. The monoisotopic (exact) mass is 491 g/mol. The Hall–Kier alpha value is -1.06. The summed E-state index contributed by atoms with van der Waals surface area (Å²) in [4.78, 5) is 6.56. The van der Waals surface area contributed by atoms with E-state index in [2.05, 4.69) is 22.3 Å². The second-order valence-corrected chi connectivity index (χ2v) is 6.60. The molecule has 1 aromatic carbocycles. The third-order valence-electron chi connectivity index (χ3n) is 4.77. The maximum absolute atomic E-state index is 5.76. The van der Waals surface area contributed by atoms with Crippen LogP contribution in [-0.2, 0) is 16.1 Å². The Bertz CT molecular complexity index is 551. The van der Waals surface area contributed by atoms with Crippen molar-refractivity contribution < 1.29 is 14.2 Å². The van der Waals surface area contributed by atoms with Crippen LogP contribution < -0.4 is 10.1 Å². The first kappa shape index (κ1) is 24.0. The minimum absolute atomic E-state index is 0. The number of rotatable bonds is 9. The lowest BCUT2D eigenvalue weighted by Crippen LogP contribution is -2.41. The molecule has 1 aliphatic rings. The highest BCUT2D eigenvalue weighted by molar-refractivity contribution is 14.0. The molecule has 0 bridgehead atoms. The van der Waals surface area contributed by atoms with E-state index in [9.17, 15) is 0 Å². The lowest BCUT2D eigenvalue weighted by Gasteiger charge is -2.26. The second kappa shape index (κ2) is 14.0. The summed E-state index contributed by atoms with van der Waals surface area (Å²) in [6.07, 6.45) is 3.54. The van der Waals surface area contributed by atoms with E-state index in [1.807, 2.05) is 31.3 Å². The molecule has 1 N–H and O–H groups in total. The van der Waals surface area contributed by atoms with Crippen molar-refractivity contribution in [3.05, 3.63) is 29.8 Å². The van der Waals surface area contributed by atoms with Crippen LogP contribution in [-0.4, -0.2) is 65.0 Å². The fourth-order valence-electron chi connectivity index (χ4n) is 3.14.